The first kappa shape index (κ1) is 14.1. The number of ether oxygens (including phenoxy) is 1. The molecule has 1 aromatic heterocycles. The van der Waals surface area contributed by atoms with Crippen LogP contribution in [0.1, 0.15) is 22.0 Å². The highest BCUT2D eigenvalue weighted by atomic mass is 32.1. The van der Waals surface area contributed by atoms with Crippen molar-refractivity contribution in [3.8, 4) is 5.75 Å². The maximum Gasteiger partial charge on any atom is 0.121 e. The van der Waals surface area contributed by atoms with Gasteiger partial charge in [-0.25, -0.2) is 0 Å². The van der Waals surface area contributed by atoms with E-state index < -0.39 is 0 Å². The minimum Gasteiger partial charge on any atom is -0.496 e. The summed E-state index contributed by atoms with van der Waals surface area (Å²) in [5.41, 5.74) is 2.16. The Labute approximate surface area is 117 Å². The van der Waals surface area contributed by atoms with Crippen LogP contribution in [-0.2, 0) is 6.54 Å². The fourth-order valence-electron chi connectivity index (χ4n) is 2.04. The molecule has 4 heteroatoms. The van der Waals surface area contributed by atoms with Crippen LogP contribution in [0.5, 0.6) is 5.75 Å². The summed E-state index contributed by atoms with van der Waals surface area (Å²) in [7, 11) is 1.67. The smallest absolute Gasteiger partial charge is 0.121 e. The number of hydrogen-bond donors (Lipinski definition) is 2. The Hall–Kier alpha value is -1.36. The van der Waals surface area contributed by atoms with Gasteiger partial charge in [-0.3, -0.25) is 0 Å². The fourth-order valence-corrected chi connectivity index (χ4v) is 2.70. The van der Waals surface area contributed by atoms with Crippen molar-refractivity contribution in [3.05, 3.63) is 51.7 Å². The normalized spacial score (nSPS) is 12.4. The van der Waals surface area contributed by atoms with E-state index in [2.05, 4.69) is 22.8 Å². The standard InChI is InChI=1S/C15H19NO2S/c1-11-8-12(5-6-15(11)18-2)14(10-17)16-9-13-4-3-7-19-13/h3-8,14,16-17H,9-10H2,1-2H3. The zero-order valence-electron chi connectivity index (χ0n) is 11.2. The molecular formula is C15H19NO2S. The third-order valence-electron chi connectivity index (χ3n) is 3.11. The summed E-state index contributed by atoms with van der Waals surface area (Å²) in [6, 6.07) is 10.1. The van der Waals surface area contributed by atoms with E-state index in [4.69, 9.17) is 4.74 Å². The maximum absolute atomic E-state index is 9.54. The number of aryl methyl sites for hydroxylation is 1. The van der Waals surface area contributed by atoms with Crippen LogP contribution in [0.2, 0.25) is 0 Å². The lowest BCUT2D eigenvalue weighted by atomic mass is 10.0. The first-order chi connectivity index (χ1) is 9.24. The molecule has 2 N–H and O–H groups in total. The SMILES string of the molecule is COc1ccc(C(CO)NCc2cccs2)cc1C. The Morgan fingerprint density at radius 2 is 2.21 bits per heavy atom. The highest BCUT2D eigenvalue weighted by Gasteiger charge is 2.11. The van der Waals surface area contributed by atoms with Crippen LogP contribution in [0.4, 0.5) is 0 Å². The van der Waals surface area contributed by atoms with E-state index in [0.717, 1.165) is 23.4 Å². The van der Waals surface area contributed by atoms with E-state index in [1.807, 2.05) is 25.1 Å². The molecule has 1 heterocycles. The van der Waals surface area contributed by atoms with Gasteiger partial charge < -0.3 is 15.2 Å². The molecule has 0 radical (unpaired) electrons. The van der Waals surface area contributed by atoms with Crippen LogP contribution in [0.25, 0.3) is 0 Å². The van der Waals surface area contributed by atoms with Gasteiger partial charge in [0.1, 0.15) is 5.75 Å². The van der Waals surface area contributed by atoms with Gasteiger partial charge in [0.2, 0.25) is 0 Å². The number of aliphatic hydroxyl groups excluding tert-OH is 1. The average Bonchev–Trinajstić information content (AvgIpc) is 2.93. The van der Waals surface area contributed by atoms with Gasteiger partial charge >= 0.3 is 0 Å². The van der Waals surface area contributed by atoms with Crippen molar-refractivity contribution in [3.63, 3.8) is 0 Å². The molecule has 1 atom stereocenters. The first-order valence-corrected chi connectivity index (χ1v) is 7.13. The maximum atomic E-state index is 9.54. The van der Waals surface area contributed by atoms with Crippen molar-refractivity contribution in [2.45, 2.75) is 19.5 Å². The summed E-state index contributed by atoms with van der Waals surface area (Å²) in [6.45, 7) is 2.86. The summed E-state index contributed by atoms with van der Waals surface area (Å²) in [4.78, 5) is 1.27. The third kappa shape index (κ3) is 3.56. The molecular weight excluding hydrogens is 258 g/mol. The number of aliphatic hydroxyl groups is 1. The van der Waals surface area contributed by atoms with Crippen LogP contribution in [0, 0.1) is 6.92 Å². The first-order valence-electron chi connectivity index (χ1n) is 6.25. The molecule has 0 fully saturated rings. The molecule has 2 aromatic rings. The predicted octanol–water partition coefficient (Wildman–Crippen LogP) is 2.89. The lowest BCUT2D eigenvalue weighted by Crippen LogP contribution is -2.23. The molecule has 0 aliphatic carbocycles. The van der Waals surface area contributed by atoms with Crippen LogP contribution in [-0.4, -0.2) is 18.8 Å². The molecule has 0 spiro atoms. The topological polar surface area (TPSA) is 41.5 Å². The van der Waals surface area contributed by atoms with Crippen molar-refractivity contribution in [2.75, 3.05) is 13.7 Å². The Kier molecular flexibility index (Phi) is 4.96. The Morgan fingerprint density at radius 1 is 1.37 bits per heavy atom. The lowest BCUT2D eigenvalue weighted by molar-refractivity contribution is 0.244. The van der Waals surface area contributed by atoms with Gasteiger partial charge in [0, 0.05) is 11.4 Å². The van der Waals surface area contributed by atoms with Gasteiger partial charge in [-0.05, 0) is 35.6 Å². The van der Waals surface area contributed by atoms with E-state index in [0.29, 0.717) is 0 Å². The third-order valence-corrected chi connectivity index (χ3v) is 3.98. The van der Waals surface area contributed by atoms with E-state index in [1.54, 1.807) is 18.4 Å². The molecule has 0 saturated heterocycles. The summed E-state index contributed by atoms with van der Waals surface area (Å²) >= 11 is 1.72. The van der Waals surface area contributed by atoms with Crippen LogP contribution in [0.3, 0.4) is 0 Å². The molecule has 2 rings (SSSR count). The number of nitrogens with one attached hydrogen (secondary N) is 1. The van der Waals surface area contributed by atoms with E-state index in [1.165, 1.54) is 4.88 Å². The summed E-state index contributed by atoms with van der Waals surface area (Å²) in [5.74, 6) is 0.874. The summed E-state index contributed by atoms with van der Waals surface area (Å²) in [6.07, 6.45) is 0. The second-order valence-corrected chi connectivity index (χ2v) is 5.46. The fraction of sp³-hybridized carbons (Fsp3) is 0.333. The molecule has 0 bridgehead atoms. The van der Waals surface area contributed by atoms with Crippen LogP contribution in [0.15, 0.2) is 35.7 Å². The molecule has 102 valence electrons. The van der Waals surface area contributed by atoms with Crippen LogP contribution >= 0.6 is 11.3 Å². The molecule has 0 amide bonds. The Bertz CT molecular complexity index is 511. The molecule has 1 unspecified atom stereocenters. The largest absolute Gasteiger partial charge is 0.496 e. The van der Waals surface area contributed by atoms with Crippen LogP contribution < -0.4 is 10.1 Å². The quantitative estimate of drug-likeness (QED) is 0.853. The molecule has 0 aliphatic rings. The molecule has 0 aliphatic heterocycles. The van der Waals surface area contributed by atoms with Crippen molar-refractivity contribution in [1.29, 1.82) is 0 Å². The van der Waals surface area contributed by atoms with Gasteiger partial charge in [-0.2, -0.15) is 0 Å². The van der Waals surface area contributed by atoms with Crippen molar-refractivity contribution < 1.29 is 9.84 Å². The zero-order chi connectivity index (χ0) is 13.7. The number of rotatable bonds is 6. The number of benzene rings is 1. The lowest BCUT2D eigenvalue weighted by Gasteiger charge is -2.17. The number of thiophene rings is 1. The summed E-state index contributed by atoms with van der Waals surface area (Å²) < 4.78 is 5.25. The second-order valence-electron chi connectivity index (χ2n) is 4.42. The molecule has 19 heavy (non-hydrogen) atoms. The number of methoxy groups -OCH3 is 1. The minimum absolute atomic E-state index is 0.0493. The summed E-state index contributed by atoms with van der Waals surface area (Å²) in [5, 5.41) is 15.0. The number of hydrogen-bond acceptors (Lipinski definition) is 4. The van der Waals surface area contributed by atoms with E-state index in [9.17, 15) is 5.11 Å². The highest BCUT2D eigenvalue weighted by Crippen LogP contribution is 2.23. The minimum atomic E-state index is -0.0493. The van der Waals surface area contributed by atoms with Gasteiger partial charge in [-0.1, -0.05) is 18.2 Å². The van der Waals surface area contributed by atoms with Crippen molar-refractivity contribution >= 4 is 11.3 Å². The van der Waals surface area contributed by atoms with Gasteiger partial charge in [0.15, 0.2) is 0 Å². The molecule has 0 saturated carbocycles. The zero-order valence-corrected chi connectivity index (χ0v) is 12.0. The van der Waals surface area contributed by atoms with Crippen molar-refractivity contribution in [1.82, 2.24) is 5.32 Å². The van der Waals surface area contributed by atoms with E-state index in [-0.39, 0.29) is 12.6 Å². The molecule has 3 nitrogen and oxygen atoms in total. The Balaban J connectivity index is 2.06. The second kappa shape index (κ2) is 6.70. The van der Waals surface area contributed by atoms with Gasteiger partial charge in [0.25, 0.3) is 0 Å². The molecule has 1 aromatic carbocycles. The van der Waals surface area contributed by atoms with Gasteiger partial charge in [-0.15, -0.1) is 11.3 Å². The predicted molar refractivity (Wildman–Crippen MR) is 78.7 cm³/mol. The monoisotopic (exact) mass is 277 g/mol. The Morgan fingerprint density at radius 3 is 2.79 bits per heavy atom. The van der Waals surface area contributed by atoms with Gasteiger partial charge in [0.05, 0.1) is 19.8 Å². The average molecular weight is 277 g/mol. The van der Waals surface area contributed by atoms with E-state index >= 15 is 0 Å². The highest BCUT2D eigenvalue weighted by molar-refractivity contribution is 7.09. The van der Waals surface area contributed by atoms with Crippen molar-refractivity contribution in [2.24, 2.45) is 0 Å².